The number of carbonyl (C=O) groups excluding carboxylic acids is 1. The minimum Gasteiger partial charge on any atom is -0.350 e. The van der Waals surface area contributed by atoms with Crippen LogP contribution in [0.1, 0.15) is 30.6 Å². The number of hydrogen-bond donors (Lipinski definition) is 3. The van der Waals surface area contributed by atoms with Gasteiger partial charge in [-0.3, -0.25) is 4.79 Å². The van der Waals surface area contributed by atoms with Gasteiger partial charge < -0.3 is 16.0 Å². The summed E-state index contributed by atoms with van der Waals surface area (Å²) in [4.78, 5) is 12.4. The number of benzene rings is 2. The Labute approximate surface area is 142 Å². The molecule has 0 saturated carbocycles. The highest BCUT2D eigenvalue weighted by Crippen LogP contribution is 2.16. The summed E-state index contributed by atoms with van der Waals surface area (Å²) in [5, 5.41) is 9.60. The Balaban J connectivity index is 2.08. The average molecular weight is 327 g/mol. The maximum absolute atomic E-state index is 12.4. The molecule has 3 N–H and O–H groups in total. The Morgan fingerprint density at radius 3 is 2.39 bits per heavy atom. The third kappa shape index (κ3) is 5.07. The fourth-order valence-corrected chi connectivity index (χ4v) is 2.23. The monoisotopic (exact) mass is 327 g/mol. The molecule has 5 heteroatoms. The van der Waals surface area contributed by atoms with E-state index in [0.29, 0.717) is 16.4 Å². The lowest BCUT2D eigenvalue weighted by atomic mass is 10.1. The Morgan fingerprint density at radius 2 is 1.70 bits per heavy atom. The minimum atomic E-state index is -0.107. The molecular formula is C18H21N3OS. The first-order chi connectivity index (χ1) is 11.1. The predicted molar refractivity (Wildman–Crippen MR) is 99.9 cm³/mol. The molecule has 0 aromatic heterocycles. The van der Waals surface area contributed by atoms with E-state index in [2.05, 4.69) is 16.0 Å². The second kappa shape index (κ2) is 8.29. The van der Waals surface area contributed by atoms with Crippen molar-refractivity contribution < 1.29 is 4.79 Å². The van der Waals surface area contributed by atoms with E-state index in [1.807, 2.05) is 62.4 Å². The van der Waals surface area contributed by atoms with E-state index in [1.54, 1.807) is 6.07 Å². The number of thiocarbonyl (C=S) groups is 1. The molecule has 0 aliphatic heterocycles. The van der Waals surface area contributed by atoms with Crippen molar-refractivity contribution in [1.82, 2.24) is 5.32 Å². The zero-order valence-corrected chi connectivity index (χ0v) is 14.1. The molecule has 1 unspecified atom stereocenters. The van der Waals surface area contributed by atoms with Crippen LogP contribution in [0, 0.1) is 0 Å². The summed E-state index contributed by atoms with van der Waals surface area (Å²) >= 11 is 5.32. The van der Waals surface area contributed by atoms with Crippen LogP contribution in [0.25, 0.3) is 0 Å². The molecule has 120 valence electrons. The lowest BCUT2D eigenvalue weighted by Gasteiger charge is -2.16. The molecule has 0 heterocycles. The van der Waals surface area contributed by atoms with E-state index in [-0.39, 0.29) is 11.9 Å². The highest BCUT2D eigenvalue weighted by atomic mass is 32.1. The van der Waals surface area contributed by atoms with Gasteiger partial charge in [-0.1, -0.05) is 37.3 Å². The standard InChI is InChI=1S/C18H21N3OS/c1-3-13(2)19-17(22)15-11-7-8-12-16(15)21-18(23)20-14-9-5-4-6-10-14/h4-13H,3H2,1-2H3,(H,19,22)(H2,20,21,23). The second-order valence-corrected chi connectivity index (χ2v) is 5.68. The fourth-order valence-electron chi connectivity index (χ4n) is 2.00. The van der Waals surface area contributed by atoms with Gasteiger partial charge in [-0.2, -0.15) is 0 Å². The summed E-state index contributed by atoms with van der Waals surface area (Å²) in [5.41, 5.74) is 2.15. The van der Waals surface area contributed by atoms with Crippen LogP contribution < -0.4 is 16.0 Å². The molecule has 0 radical (unpaired) electrons. The van der Waals surface area contributed by atoms with Gasteiger partial charge in [0.25, 0.3) is 5.91 Å². The largest absolute Gasteiger partial charge is 0.350 e. The molecular weight excluding hydrogens is 306 g/mol. The van der Waals surface area contributed by atoms with Crippen LogP contribution >= 0.6 is 12.2 Å². The number of nitrogens with one attached hydrogen (secondary N) is 3. The Bertz CT molecular complexity index is 673. The lowest BCUT2D eigenvalue weighted by Crippen LogP contribution is -2.32. The van der Waals surface area contributed by atoms with Gasteiger partial charge >= 0.3 is 0 Å². The van der Waals surface area contributed by atoms with Gasteiger partial charge in [0.15, 0.2) is 5.11 Å². The first-order valence-electron chi connectivity index (χ1n) is 7.63. The van der Waals surface area contributed by atoms with Crippen molar-refractivity contribution in [3.63, 3.8) is 0 Å². The molecule has 1 atom stereocenters. The maximum Gasteiger partial charge on any atom is 0.253 e. The molecule has 4 nitrogen and oxygen atoms in total. The van der Waals surface area contributed by atoms with Crippen molar-refractivity contribution in [2.45, 2.75) is 26.3 Å². The van der Waals surface area contributed by atoms with Gasteiger partial charge in [-0.05, 0) is 49.8 Å². The van der Waals surface area contributed by atoms with Crippen molar-refractivity contribution in [2.24, 2.45) is 0 Å². The number of para-hydroxylation sites is 2. The number of anilines is 2. The zero-order valence-electron chi connectivity index (χ0n) is 13.3. The van der Waals surface area contributed by atoms with E-state index in [0.717, 1.165) is 12.1 Å². The maximum atomic E-state index is 12.4. The van der Waals surface area contributed by atoms with E-state index in [9.17, 15) is 4.79 Å². The van der Waals surface area contributed by atoms with Crippen molar-refractivity contribution in [3.05, 3.63) is 60.2 Å². The molecule has 23 heavy (non-hydrogen) atoms. The zero-order chi connectivity index (χ0) is 16.7. The Morgan fingerprint density at radius 1 is 1.04 bits per heavy atom. The van der Waals surface area contributed by atoms with Gasteiger partial charge in [0.1, 0.15) is 0 Å². The van der Waals surface area contributed by atoms with Gasteiger partial charge in [-0.15, -0.1) is 0 Å². The number of amides is 1. The van der Waals surface area contributed by atoms with Gasteiger partial charge in [0.2, 0.25) is 0 Å². The van der Waals surface area contributed by atoms with Crippen LogP contribution in [0.15, 0.2) is 54.6 Å². The molecule has 0 aliphatic carbocycles. The summed E-state index contributed by atoms with van der Waals surface area (Å²) in [7, 11) is 0. The smallest absolute Gasteiger partial charge is 0.253 e. The minimum absolute atomic E-state index is 0.107. The molecule has 0 aliphatic rings. The molecule has 0 bridgehead atoms. The van der Waals surface area contributed by atoms with Crippen molar-refractivity contribution in [2.75, 3.05) is 10.6 Å². The SMILES string of the molecule is CCC(C)NC(=O)c1ccccc1NC(=S)Nc1ccccc1. The third-order valence-corrected chi connectivity index (χ3v) is 3.65. The first kappa shape index (κ1) is 17.0. The Kier molecular flexibility index (Phi) is 6.11. The molecule has 0 fully saturated rings. The van der Waals surface area contributed by atoms with Crippen LogP contribution in [-0.4, -0.2) is 17.1 Å². The summed E-state index contributed by atoms with van der Waals surface area (Å²) in [6, 6.07) is 17.1. The van der Waals surface area contributed by atoms with Gasteiger partial charge in [0.05, 0.1) is 11.3 Å². The van der Waals surface area contributed by atoms with Gasteiger partial charge in [0, 0.05) is 11.7 Å². The van der Waals surface area contributed by atoms with E-state index in [1.165, 1.54) is 0 Å². The van der Waals surface area contributed by atoms with Crippen LogP contribution in [-0.2, 0) is 0 Å². The predicted octanol–water partition coefficient (Wildman–Crippen LogP) is 4.02. The van der Waals surface area contributed by atoms with Crippen LogP contribution in [0.4, 0.5) is 11.4 Å². The van der Waals surface area contributed by atoms with Crippen LogP contribution in [0.5, 0.6) is 0 Å². The van der Waals surface area contributed by atoms with Gasteiger partial charge in [-0.25, -0.2) is 0 Å². The number of carbonyl (C=O) groups is 1. The molecule has 2 aromatic rings. The van der Waals surface area contributed by atoms with Crippen LogP contribution in [0.2, 0.25) is 0 Å². The van der Waals surface area contributed by atoms with E-state index >= 15 is 0 Å². The van der Waals surface area contributed by atoms with Crippen molar-refractivity contribution >= 4 is 34.6 Å². The summed E-state index contributed by atoms with van der Waals surface area (Å²) in [6.07, 6.45) is 0.884. The second-order valence-electron chi connectivity index (χ2n) is 5.27. The molecule has 1 amide bonds. The third-order valence-electron chi connectivity index (χ3n) is 3.44. The topological polar surface area (TPSA) is 53.2 Å². The highest BCUT2D eigenvalue weighted by molar-refractivity contribution is 7.80. The fraction of sp³-hybridized carbons (Fsp3) is 0.222. The van der Waals surface area contributed by atoms with Crippen LogP contribution in [0.3, 0.4) is 0 Å². The van der Waals surface area contributed by atoms with Crippen molar-refractivity contribution in [1.29, 1.82) is 0 Å². The van der Waals surface area contributed by atoms with E-state index < -0.39 is 0 Å². The molecule has 2 rings (SSSR count). The van der Waals surface area contributed by atoms with E-state index in [4.69, 9.17) is 12.2 Å². The first-order valence-corrected chi connectivity index (χ1v) is 8.04. The molecule has 0 saturated heterocycles. The summed E-state index contributed by atoms with van der Waals surface area (Å²) < 4.78 is 0. The Hall–Kier alpha value is -2.40. The quantitative estimate of drug-likeness (QED) is 0.726. The lowest BCUT2D eigenvalue weighted by molar-refractivity contribution is 0.0940. The normalized spacial score (nSPS) is 11.4. The molecule has 2 aromatic carbocycles. The van der Waals surface area contributed by atoms with Crippen molar-refractivity contribution in [3.8, 4) is 0 Å². The highest BCUT2D eigenvalue weighted by Gasteiger charge is 2.13. The summed E-state index contributed by atoms with van der Waals surface area (Å²) in [6.45, 7) is 4.02. The number of hydrogen-bond acceptors (Lipinski definition) is 2. The average Bonchev–Trinajstić information content (AvgIpc) is 2.56. The molecule has 0 spiro atoms. The summed E-state index contributed by atoms with van der Waals surface area (Å²) in [5.74, 6) is -0.107. The number of rotatable bonds is 5.